The highest BCUT2D eigenvalue weighted by Gasteiger charge is 2.42. The maximum atomic E-state index is 14.3. The number of hydrogen-bond acceptors (Lipinski definition) is 9. The highest BCUT2D eigenvalue weighted by Crippen LogP contribution is 2.41. The maximum absolute atomic E-state index is 14.3. The molecule has 3 aromatic rings. The molecule has 6 N–H and O–H groups in total. The zero-order valence-electron chi connectivity index (χ0n) is 19.7. The molecule has 0 aliphatic carbocycles. The summed E-state index contributed by atoms with van der Waals surface area (Å²) in [6, 6.07) is 2.95. The van der Waals surface area contributed by atoms with Crippen molar-refractivity contribution in [3.8, 4) is 16.5 Å². The van der Waals surface area contributed by atoms with Gasteiger partial charge in [-0.1, -0.05) is 24.3 Å². The molecule has 12 heteroatoms. The van der Waals surface area contributed by atoms with Crippen LogP contribution in [0.15, 0.2) is 24.4 Å². The summed E-state index contributed by atoms with van der Waals surface area (Å²) >= 11 is 0.823. The Bertz CT molecular complexity index is 1310. The second-order valence-electron chi connectivity index (χ2n) is 9.32. The van der Waals surface area contributed by atoms with Gasteiger partial charge in [-0.3, -0.25) is 4.79 Å². The van der Waals surface area contributed by atoms with Gasteiger partial charge >= 0.3 is 0 Å². The minimum absolute atomic E-state index is 0.0221. The van der Waals surface area contributed by atoms with Crippen molar-refractivity contribution in [3.05, 3.63) is 47.3 Å². The lowest BCUT2D eigenvalue weighted by atomic mass is 9.80. The molecular weight excluding hydrogens is 490 g/mol. The van der Waals surface area contributed by atoms with Crippen LogP contribution in [-0.2, 0) is 6.42 Å². The smallest absolute Gasteiger partial charge is 0.277 e. The summed E-state index contributed by atoms with van der Waals surface area (Å²) in [7, 11) is 0. The van der Waals surface area contributed by atoms with Gasteiger partial charge in [0.1, 0.15) is 21.6 Å². The average molecular weight is 517 g/mol. The molecule has 2 aliphatic heterocycles. The van der Waals surface area contributed by atoms with Gasteiger partial charge in [-0.15, -0.1) is 0 Å². The zero-order chi connectivity index (χ0) is 25.8. The molecular formula is C24H26F2N6O3S. The van der Waals surface area contributed by atoms with Gasteiger partial charge in [0.2, 0.25) is 5.88 Å². The number of benzene rings is 1. The molecule has 36 heavy (non-hydrogen) atoms. The summed E-state index contributed by atoms with van der Waals surface area (Å²) in [4.78, 5) is 23.7. The van der Waals surface area contributed by atoms with E-state index in [1.165, 1.54) is 12.3 Å². The van der Waals surface area contributed by atoms with Gasteiger partial charge < -0.3 is 31.5 Å². The third kappa shape index (κ3) is 4.04. The lowest BCUT2D eigenvalue weighted by Crippen LogP contribution is -2.62. The molecule has 1 saturated heterocycles. The van der Waals surface area contributed by atoms with Crippen LogP contribution in [0.2, 0.25) is 0 Å². The van der Waals surface area contributed by atoms with E-state index in [2.05, 4.69) is 15.3 Å². The summed E-state index contributed by atoms with van der Waals surface area (Å²) in [6.45, 7) is 4.95. The third-order valence-electron chi connectivity index (χ3n) is 6.97. The topological polar surface area (TPSA) is 140 Å². The fourth-order valence-corrected chi connectivity index (χ4v) is 5.50. The number of fused-ring (bicyclic) bond motifs is 1. The van der Waals surface area contributed by atoms with Crippen LogP contribution in [0.4, 0.5) is 25.2 Å². The Balaban J connectivity index is 1.49. The molecule has 3 atom stereocenters. The summed E-state index contributed by atoms with van der Waals surface area (Å²) in [5, 5.41) is 13.6. The van der Waals surface area contributed by atoms with E-state index in [0.29, 0.717) is 43.4 Å². The molecule has 4 heterocycles. The van der Waals surface area contributed by atoms with Gasteiger partial charge in [0, 0.05) is 31.0 Å². The summed E-state index contributed by atoms with van der Waals surface area (Å²) in [6.07, 6.45) is 2.08. The molecule has 1 amide bonds. The summed E-state index contributed by atoms with van der Waals surface area (Å²) in [5.74, 6) is -1.91. The molecule has 1 unspecified atom stereocenters. The first-order chi connectivity index (χ1) is 17.1. The van der Waals surface area contributed by atoms with Crippen molar-refractivity contribution in [2.45, 2.75) is 31.9 Å². The molecule has 0 saturated carbocycles. The number of hydrogen-bond donors (Lipinski definition) is 4. The van der Waals surface area contributed by atoms with Gasteiger partial charge in [-0.05, 0) is 19.1 Å². The minimum atomic E-state index is -1.04. The van der Waals surface area contributed by atoms with Crippen LogP contribution in [-0.4, -0.2) is 52.3 Å². The number of nitrogen functional groups attached to an aromatic ring is 1. The summed E-state index contributed by atoms with van der Waals surface area (Å²) in [5.41, 5.74) is 12.7. The third-order valence-corrected chi connectivity index (χ3v) is 7.87. The number of thiazole rings is 1. The number of anilines is 3. The van der Waals surface area contributed by atoms with E-state index in [9.17, 15) is 18.7 Å². The van der Waals surface area contributed by atoms with E-state index in [4.69, 9.17) is 16.2 Å². The molecule has 0 radical (unpaired) electrons. The molecule has 9 nitrogen and oxygen atoms in total. The minimum Gasteiger partial charge on any atom is -0.477 e. The van der Waals surface area contributed by atoms with E-state index in [1.807, 2.05) is 11.8 Å². The first-order valence-electron chi connectivity index (χ1n) is 11.5. The standard InChI is InChI=1S/C24H26F2N6O3S/c1-11-9-32(10-16(27)24(11,2)34)19-12-6-7-35-22(12)29-8-15(19)30-21(33)18-20(28)36-23(31-18)17-13(25)4-3-5-14(17)26/h3-5,8,11,16,34H,6-7,9-10,27-28H2,1-2H3,(H,30,33)/t11-,16?,24-/m0/s1. The number of aromatic nitrogens is 2. The number of nitrogens with one attached hydrogen (secondary N) is 1. The Morgan fingerprint density at radius 3 is 2.75 bits per heavy atom. The second kappa shape index (κ2) is 8.95. The molecule has 1 fully saturated rings. The van der Waals surface area contributed by atoms with E-state index >= 15 is 0 Å². The maximum Gasteiger partial charge on any atom is 0.277 e. The first kappa shape index (κ1) is 24.3. The van der Waals surface area contributed by atoms with Crippen molar-refractivity contribution >= 4 is 33.6 Å². The normalized spacial score (nSPS) is 23.3. The Labute approximate surface area is 210 Å². The van der Waals surface area contributed by atoms with Crippen molar-refractivity contribution < 1.29 is 23.4 Å². The van der Waals surface area contributed by atoms with Crippen LogP contribution in [0, 0.1) is 17.6 Å². The molecule has 0 bridgehead atoms. The number of carbonyl (C=O) groups is 1. The number of pyridine rings is 1. The van der Waals surface area contributed by atoms with Crippen LogP contribution in [0.25, 0.3) is 10.6 Å². The molecule has 0 spiro atoms. The summed E-state index contributed by atoms with van der Waals surface area (Å²) < 4.78 is 34.2. The predicted octanol–water partition coefficient (Wildman–Crippen LogP) is 2.79. The average Bonchev–Trinajstić information content (AvgIpc) is 3.44. The van der Waals surface area contributed by atoms with Crippen LogP contribution in [0.1, 0.15) is 29.9 Å². The quantitative estimate of drug-likeness (QED) is 0.415. The van der Waals surface area contributed by atoms with Gasteiger partial charge in [0.05, 0.1) is 41.4 Å². The van der Waals surface area contributed by atoms with Crippen molar-refractivity contribution in [2.24, 2.45) is 11.7 Å². The Morgan fingerprint density at radius 2 is 2.06 bits per heavy atom. The van der Waals surface area contributed by atoms with Crippen LogP contribution in [0.5, 0.6) is 5.88 Å². The van der Waals surface area contributed by atoms with Crippen molar-refractivity contribution in [1.29, 1.82) is 0 Å². The fourth-order valence-electron chi connectivity index (χ4n) is 4.62. The highest BCUT2D eigenvalue weighted by atomic mass is 32.1. The highest BCUT2D eigenvalue weighted by molar-refractivity contribution is 7.19. The van der Waals surface area contributed by atoms with E-state index in [-0.39, 0.29) is 27.2 Å². The molecule has 5 rings (SSSR count). The van der Waals surface area contributed by atoms with E-state index in [1.54, 1.807) is 6.92 Å². The lowest BCUT2D eigenvalue weighted by Gasteiger charge is -2.47. The molecule has 1 aromatic carbocycles. The van der Waals surface area contributed by atoms with Crippen molar-refractivity contribution in [3.63, 3.8) is 0 Å². The number of halogens is 2. The second-order valence-corrected chi connectivity index (χ2v) is 10.4. The zero-order valence-corrected chi connectivity index (χ0v) is 20.5. The van der Waals surface area contributed by atoms with Crippen molar-refractivity contribution in [2.75, 3.05) is 35.6 Å². The van der Waals surface area contributed by atoms with E-state index < -0.39 is 29.2 Å². The number of rotatable bonds is 4. The van der Waals surface area contributed by atoms with Gasteiger partial charge in [-0.2, -0.15) is 0 Å². The van der Waals surface area contributed by atoms with Gasteiger partial charge in [0.15, 0.2) is 5.69 Å². The number of nitrogens with zero attached hydrogens (tertiary/aromatic N) is 3. The first-order valence-corrected chi connectivity index (χ1v) is 12.3. The monoisotopic (exact) mass is 516 g/mol. The van der Waals surface area contributed by atoms with E-state index in [0.717, 1.165) is 29.0 Å². The Kier molecular flexibility index (Phi) is 6.05. The largest absolute Gasteiger partial charge is 0.477 e. The lowest BCUT2D eigenvalue weighted by molar-refractivity contribution is -0.0258. The van der Waals surface area contributed by atoms with Crippen LogP contribution < -0.4 is 26.4 Å². The van der Waals surface area contributed by atoms with Gasteiger partial charge in [0.25, 0.3) is 5.91 Å². The van der Waals surface area contributed by atoms with Crippen molar-refractivity contribution in [1.82, 2.24) is 9.97 Å². The number of piperidine rings is 1. The number of carbonyl (C=O) groups excluding carboxylic acids is 1. The number of nitrogens with two attached hydrogens (primary N) is 2. The molecule has 2 aliphatic rings. The predicted molar refractivity (Wildman–Crippen MR) is 133 cm³/mol. The number of amides is 1. The van der Waals surface area contributed by atoms with Crippen LogP contribution >= 0.6 is 11.3 Å². The molecule has 190 valence electrons. The van der Waals surface area contributed by atoms with Gasteiger partial charge in [-0.25, -0.2) is 18.7 Å². The van der Waals surface area contributed by atoms with Crippen LogP contribution in [0.3, 0.4) is 0 Å². The fraction of sp³-hybridized carbons (Fsp3) is 0.375. The number of ether oxygens (including phenoxy) is 1. The Hall–Kier alpha value is -3.35. The number of aliphatic hydroxyl groups is 1. The SMILES string of the molecule is C[C@H]1CN(c2c(NC(=O)c3nc(-c4c(F)cccc4F)sc3N)cnc3c2CCO3)CC(N)[C@@]1(C)O. The molecule has 2 aromatic heterocycles. The Morgan fingerprint density at radius 1 is 1.33 bits per heavy atom.